The van der Waals surface area contributed by atoms with Crippen LogP contribution in [0.3, 0.4) is 0 Å². The maximum absolute atomic E-state index is 10.4. The lowest BCUT2D eigenvalue weighted by molar-refractivity contribution is -0.108. The van der Waals surface area contributed by atoms with Crippen molar-refractivity contribution in [1.82, 2.24) is 0 Å². The highest BCUT2D eigenvalue weighted by Gasteiger charge is 2.17. The molecule has 1 aliphatic rings. The minimum Gasteiger partial charge on any atom is -0.375 e. The van der Waals surface area contributed by atoms with E-state index in [1.165, 1.54) is 5.56 Å². The molecule has 0 aromatic heterocycles. The summed E-state index contributed by atoms with van der Waals surface area (Å²) in [4.78, 5) is 10.4. The van der Waals surface area contributed by atoms with Gasteiger partial charge in [-0.2, -0.15) is 0 Å². The first kappa shape index (κ1) is 13.7. The van der Waals surface area contributed by atoms with Crippen molar-refractivity contribution in [3.63, 3.8) is 0 Å². The van der Waals surface area contributed by atoms with Crippen LogP contribution in [0.15, 0.2) is 24.3 Å². The Labute approximate surface area is 92.7 Å². The molecule has 1 aromatic carbocycles. The van der Waals surface area contributed by atoms with Crippen molar-refractivity contribution in [2.45, 2.75) is 40.2 Å². The maximum Gasteiger partial charge on any atom is 0.142 e. The Balaban J connectivity index is 0.000000442. The molecule has 0 amide bonds. The van der Waals surface area contributed by atoms with Gasteiger partial charge in [0.1, 0.15) is 6.29 Å². The lowest BCUT2D eigenvalue weighted by atomic mass is 10.1. The topological polar surface area (TPSA) is 29.1 Å². The molecule has 0 aliphatic carbocycles. The Morgan fingerprint density at radius 1 is 1.20 bits per heavy atom. The van der Waals surface area contributed by atoms with Gasteiger partial charge in [0.15, 0.2) is 0 Å². The van der Waals surface area contributed by atoms with E-state index in [-0.39, 0.29) is 6.04 Å². The fourth-order valence-corrected chi connectivity index (χ4v) is 1.41. The van der Waals surface area contributed by atoms with Crippen LogP contribution in [0, 0.1) is 0 Å². The summed E-state index contributed by atoms with van der Waals surface area (Å²) in [6.45, 7) is 8.00. The van der Waals surface area contributed by atoms with Crippen LogP contribution in [-0.4, -0.2) is 12.3 Å². The third kappa shape index (κ3) is 3.74. The quantitative estimate of drug-likeness (QED) is 0.716. The molecule has 84 valence electrons. The van der Waals surface area contributed by atoms with Crippen LogP contribution in [-0.2, 0) is 11.2 Å². The Hall–Kier alpha value is -1.31. The minimum atomic E-state index is -0.00704. The summed E-state index contributed by atoms with van der Waals surface area (Å²) >= 11 is 0. The van der Waals surface area contributed by atoms with Gasteiger partial charge in [-0.05, 0) is 11.6 Å². The smallest absolute Gasteiger partial charge is 0.142 e. The average molecular weight is 207 g/mol. The Morgan fingerprint density at radius 3 is 2.33 bits per heavy atom. The van der Waals surface area contributed by atoms with Crippen molar-refractivity contribution < 1.29 is 4.79 Å². The van der Waals surface area contributed by atoms with Crippen molar-refractivity contribution in [2.75, 3.05) is 5.32 Å². The van der Waals surface area contributed by atoms with Crippen molar-refractivity contribution >= 4 is 12.0 Å². The molecule has 2 rings (SSSR count). The number of nitrogens with one attached hydrogen (secondary N) is 1. The highest BCUT2D eigenvalue weighted by Crippen LogP contribution is 2.23. The molecule has 0 radical (unpaired) electrons. The van der Waals surface area contributed by atoms with Gasteiger partial charge in [0.05, 0.1) is 6.04 Å². The second-order valence-electron chi connectivity index (χ2n) is 2.75. The van der Waals surface area contributed by atoms with Crippen molar-refractivity contribution in [3.8, 4) is 0 Å². The minimum absolute atomic E-state index is 0.00704. The third-order valence-corrected chi connectivity index (χ3v) is 1.96. The van der Waals surface area contributed by atoms with Crippen LogP contribution in [0.25, 0.3) is 0 Å². The molecule has 2 nitrogen and oxygen atoms in total. The zero-order valence-corrected chi connectivity index (χ0v) is 10.1. The predicted molar refractivity (Wildman–Crippen MR) is 66.3 cm³/mol. The van der Waals surface area contributed by atoms with Gasteiger partial charge in [-0.3, -0.25) is 0 Å². The van der Waals surface area contributed by atoms with Crippen LogP contribution >= 0.6 is 0 Å². The first-order valence-electron chi connectivity index (χ1n) is 5.70. The number of carbonyl (C=O) groups is 1. The van der Waals surface area contributed by atoms with Crippen LogP contribution in [0.4, 0.5) is 5.69 Å². The molecule has 1 aliphatic heterocycles. The van der Waals surface area contributed by atoms with Crippen molar-refractivity contribution in [1.29, 1.82) is 0 Å². The van der Waals surface area contributed by atoms with E-state index in [4.69, 9.17) is 0 Å². The molecule has 1 N–H and O–H groups in total. The van der Waals surface area contributed by atoms with Gasteiger partial charge in [0, 0.05) is 12.1 Å². The predicted octanol–water partition coefficient (Wildman–Crippen LogP) is 3.27. The van der Waals surface area contributed by atoms with E-state index in [2.05, 4.69) is 5.32 Å². The number of anilines is 1. The average Bonchev–Trinajstić information content (AvgIpc) is 2.77. The number of fused-ring (bicyclic) bond motifs is 1. The summed E-state index contributed by atoms with van der Waals surface area (Å²) < 4.78 is 0. The number of para-hydroxylation sites is 1. The van der Waals surface area contributed by atoms with E-state index in [1.54, 1.807) is 0 Å². The normalized spacial score (nSPS) is 15.9. The number of aldehydes is 1. The van der Waals surface area contributed by atoms with E-state index < -0.39 is 0 Å². The molecule has 15 heavy (non-hydrogen) atoms. The molecule has 1 heterocycles. The Bertz CT molecular complexity index is 259. The first-order valence-corrected chi connectivity index (χ1v) is 5.70. The zero-order chi connectivity index (χ0) is 11.7. The van der Waals surface area contributed by atoms with E-state index in [1.807, 2.05) is 52.0 Å². The monoisotopic (exact) mass is 207 g/mol. The summed E-state index contributed by atoms with van der Waals surface area (Å²) in [5.41, 5.74) is 2.34. The number of hydrogen-bond acceptors (Lipinski definition) is 2. The third-order valence-electron chi connectivity index (χ3n) is 1.96. The lowest BCUT2D eigenvalue weighted by Gasteiger charge is -1.99. The SMILES string of the molecule is CC.CC.O=CC1Cc2ccccc2N1. The molecule has 0 saturated heterocycles. The summed E-state index contributed by atoms with van der Waals surface area (Å²) in [5, 5.41) is 3.12. The molecule has 0 spiro atoms. The molecule has 0 fully saturated rings. The van der Waals surface area contributed by atoms with Crippen molar-refractivity contribution in [3.05, 3.63) is 29.8 Å². The molecule has 0 saturated carbocycles. The molecule has 1 atom stereocenters. The largest absolute Gasteiger partial charge is 0.375 e. The number of rotatable bonds is 1. The van der Waals surface area contributed by atoms with E-state index in [0.29, 0.717) is 0 Å². The van der Waals surface area contributed by atoms with Crippen LogP contribution in [0.1, 0.15) is 33.3 Å². The van der Waals surface area contributed by atoms with Crippen LogP contribution < -0.4 is 5.32 Å². The molecule has 1 unspecified atom stereocenters. The molecule has 0 bridgehead atoms. The molecular formula is C13H21NO. The van der Waals surface area contributed by atoms with Gasteiger partial charge >= 0.3 is 0 Å². The Kier molecular flexibility index (Phi) is 7.33. The van der Waals surface area contributed by atoms with Gasteiger partial charge in [-0.25, -0.2) is 0 Å². The summed E-state index contributed by atoms with van der Waals surface area (Å²) in [7, 11) is 0. The summed E-state index contributed by atoms with van der Waals surface area (Å²) in [5.74, 6) is 0. The fourth-order valence-electron chi connectivity index (χ4n) is 1.41. The second-order valence-corrected chi connectivity index (χ2v) is 2.75. The van der Waals surface area contributed by atoms with Crippen LogP contribution in [0.5, 0.6) is 0 Å². The number of carbonyl (C=O) groups excluding carboxylic acids is 1. The lowest BCUT2D eigenvalue weighted by Crippen LogP contribution is -2.15. The van der Waals surface area contributed by atoms with Gasteiger partial charge in [0.2, 0.25) is 0 Å². The van der Waals surface area contributed by atoms with E-state index in [0.717, 1.165) is 18.4 Å². The molecule has 2 heteroatoms. The van der Waals surface area contributed by atoms with E-state index in [9.17, 15) is 4.79 Å². The standard InChI is InChI=1S/C9H9NO.2C2H6/c11-6-8-5-7-3-1-2-4-9(7)10-8;2*1-2/h1-4,6,8,10H,5H2;2*1-2H3. The summed E-state index contributed by atoms with van der Waals surface area (Å²) in [6.07, 6.45) is 1.79. The van der Waals surface area contributed by atoms with Crippen LogP contribution in [0.2, 0.25) is 0 Å². The van der Waals surface area contributed by atoms with E-state index >= 15 is 0 Å². The highest BCUT2D eigenvalue weighted by atomic mass is 16.1. The Morgan fingerprint density at radius 2 is 1.80 bits per heavy atom. The van der Waals surface area contributed by atoms with Gasteiger partial charge in [0.25, 0.3) is 0 Å². The van der Waals surface area contributed by atoms with Gasteiger partial charge in [-0.15, -0.1) is 0 Å². The summed E-state index contributed by atoms with van der Waals surface area (Å²) in [6, 6.07) is 8.00. The number of benzene rings is 1. The van der Waals surface area contributed by atoms with Gasteiger partial charge in [-0.1, -0.05) is 45.9 Å². The number of hydrogen-bond donors (Lipinski definition) is 1. The maximum atomic E-state index is 10.4. The van der Waals surface area contributed by atoms with Crippen molar-refractivity contribution in [2.24, 2.45) is 0 Å². The molecule has 1 aromatic rings. The molecular weight excluding hydrogens is 186 g/mol. The van der Waals surface area contributed by atoms with Gasteiger partial charge < -0.3 is 10.1 Å². The zero-order valence-electron chi connectivity index (χ0n) is 10.1. The fraction of sp³-hybridized carbons (Fsp3) is 0.462. The highest BCUT2D eigenvalue weighted by molar-refractivity contribution is 5.71. The second kappa shape index (κ2) is 8.04. The first-order chi connectivity index (χ1) is 7.40.